The fraction of sp³-hybridized carbons (Fsp3) is 0.500. The van der Waals surface area contributed by atoms with Crippen LogP contribution < -0.4 is 5.32 Å². The van der Waals surface area contributed by atoms with E-state index >= 15 is 0 Å². The molecule has 0 bridgehead atoms. The quantitative estimate of drug-likeness (QED) is 0.906. The lowest BCUT2D eigenvalue weighted by Gasteiger charge is -2.31. The summed E-state index contributed by atoms with van der Waals surface area (Å²) in [5, 5.41) is 2.75. The van der Waals surface area contributed by atoms with Crippen molar-refractivity contribution in [1.82, 2.24) is 15.2 Å². The van der Waals surface area contributed by atoms with Crippen LogP contribution >= 0.6 is 0 Å². The Hall–Kier alpha value is -2.12. The number of halogens is 3. The number of nitrogens with zero attached hydrogens (tertiary/aromatic N) is 2. The Kier molecular flexibility index (Phi) is 4.68. The topological polar surface area (TPSA) is 62.3 Å². The molecule has 22 heavy (non-hydrogen) atoms. The normalized spacial score (nSPS) is 16.5. The van der Waals surface area contributed by atoms with Crippen LogP contribution in [0.5, 0.6) is 0 Å². The second-order valence-electron chi connectivity index (χ2n) is 5.18. The molecular formula is C14H16F3N3O2. The molecule has 1 aliphatic rings. The molecule has 5 nitrogen and oxygen atoms in total. The lowest BCUT2D eigenvalue weighted by Crippen LogP contribution is -2.46. The van der Waals surface area contributed by atoms with Crippen LogP contribution in [0.3, 0.4) is 0 Å². The molecule has 1 aromatic rings. The molecule has 1 fully saturated rings. The lowest BCUT2D eigenvalue weighted by atomic mass is 10.0. The first-order chi connectivity index (χ1) is 10.3. The highest BCUT2D eigenvalue weighted by Gasteiger charge is 2.32. The van der Waals surface area contributed by atoms with E-state index in [2.05, 4.69) is 10.3 Å². The maximum absolute atomic E-state index is 12.4. The number of alkyl halides is 3. The molecule has 0 aliphatic carbocycles. The van der Waals surface area contributed by atoms with Crippen molar-refractivity contribution in [2.75, 3.05) is 13.1 Å². The van der Waals surface area contributed by atoms with E-state index in [0.717, 1.165) is 18.3 Å². The van der Waals surface area contributed by atoms with Crippen molar-refractivity contribution < 1.29 is 22.8 Å². The highest BCUT2D eigenvalue weighted by molar-refractivity contribution is 5.94. The number of nitrogens with one attached hydrogen (secondary N) is 1. The molecule has 120 valence electrons. The standard InChI is InChI=1S/C14H16F3N3O2/c1-9(21)20-6-4-11(5-7-20)19-13(22)10-2-3-12(18-8-10)14(15,16)17/h2-3,8,11H,4-7H2,1H3,(H,19,22). The largest absolute Gasteiger partial charge is 0.433 e. The van der Waals surface area contributed by atoms with Crippen molar-refractivity contribution >= 4 is 11.8 Å². The van der Waals surface area contributed by atoms with Gasteiger partial charge < -0.3 is 10.2 Å². The monoisotopic (exact) mass is 315 g/mol. The van der Waals surface area contributed by atoms with Gasteiger partial charge >= 0.3 is 6.18 Å². The predicted molar refractivity (Wildman–Crippen MR) is 72.0 cm³/mol. The number of aromatic nitrogens is 1. The Balaban J connectivity index is 1.92. The van der Waals surface area contributed by atoms with E-state index < -0.39 is 17.8 Å². The Morgan fingerprint density at radius 1 is 1.27 bits per heavy atom. The number of rotatable bonds is 2. The fourth-order valence-corrected chi connectivity index (χ4v) is 2.30. The first kappa shape index (κ1) is 16.3. The third-order valence-electron chi connectivity index (χ3n) is 3.59. The number of carbonyl (C=O) groups excluding carboxylic acids is 2. The van der Waals surface area contributed by atoms with Gasteiger partial charge in [0.25, 0.3) is 5.91 Å². The van der Waals surface area contributed by atoms with E-state index in [1.165, 1.54) is 6.92 Å². The van der Waals surface area contributed by atoms with Crippen LogP contribution in [0.15, 0.2) is 18.3 Å². The van der Waals surface area contributed by atoms with Gasteiger partial charge in [-0.2, -0.15) is 13.2 Å². The zero-order valence-electron chi connectivity index (χ0n) is 12.0. The number of pyridine rings is 1. The zero-order chi connectivity index (χ0) is 16.3. The summed E-state index contributed by atoms with van der Waals surface area (Å²) in [6.45, 7) is 2.61. The number of hydrogen-bond acceptors (Lipinski definition) is 3. The Morgan fingerprint density at radius 2 is 1.91 bits per heavy atom. The van der Waals surface area contributed by atoms with E-state index in [1.807, 2.05) is 0 Å². The molecule has 2 amide bonds. The summed E-state index contributed by atoms with van der Waals surface area (Å²) in [5.41, 5.74) is -0.944. The Bertz CT molecular complexity index is 549. The molecule has 2 heterocycles. The van der Waals surface area contributed by atoms with E-state index in [-0.39, 0.29) is 17.5 Å². The average Bonchev–Trinajstić information content (AvgIpc) is 2.47. The third kappa shape index (κ3) is 3.96. The average molecular weight is 315 g/mol. The van der Waals surface area contributed by atoms with E-state index in [0.29, 0.717) is 25.9 Å². The van der Waals surface area contributed by atoms with Gasteiger partial charge in [-0.3, -0.25) is 14.6 Å². The summed E-state index contributed by atoms with van der Waals surface area (Å²) in [4.78, 5) is 28.1. The first-order valence-electron chi connectivity index (χ1n) is 6.87. The molecule has 0 atom stereocenters. The zero-order valence-corrected chi connectivity index (χ0v) is 12.0. The number of amides is 2. The van der Waals surface area contributed by atoms with Crippen LogP contribution in [0.1, 0.15) is 35.8 Å². The third-order valence-corrected chi connectivity index (χ3v) is 3.59. The van der Waals surface area contributed by atoms with E-state index in [9.17, 15) is 22.8 Å². The van der Waals surface area contributed by atoms with Gasteiger partial charge in [0.2, 0.25) is 5.91 Å². The molecule has 0 unspecified atom stereocenters. The second kappa shape index (κ2) is 6.33. The summed E-state index contributed by atoms with van der Waals surface area (Å²) >= 11 is 0. The summed E-state index contributed by atoms with van der Waals surface area (Å²) in [7, 11) is 0. The summed E-state index contributed by atoms with van der Waals surface area (Å²) in [6.07, 6.45) is -2.35. The molecule has 0 aromatic carbocycles. The number of carbonyl (C=O) groups is 2. The fourth-order valence-electron chi connectivity index (χ4n) is 2.30. The van der Waals surface area contributed by atoms with Crippen molar-refractivity contribution in [2.24, 2.45) is 0 Å². The minimum Gasteiger partial charge on any atom is -0.349 e. The summed E-state index contributed by atoms with van der Waals surface area (Å²) < 4.78 is 37.2. The Morgan fingerprint density at radius 3 is 2.36 bits per heavy atom. The molecule has 0 spiro atoms. The molecule has 1 aromatic heterocycles. The minimum absolute atomic E-state index is 0.00304. The molecule has 1 N–H and O–H groups in total. The van der Waals surface area contributed by atoms with Crippen LogP contribution in [-0.2, 0) is 11.0 Å². The van der Waals surface area contributed by atoms with Gasteiger partial charge in [0.15, 0.2) is 0 Å². The molecule has 1 aliphatic heterocycles. The van der Waals surface area contributed by atoms with E-state index in [4.69, 9.17) is 0 Å². The highest BCUT2D eigenvalue weighted by atomic mass is 19.4. The van der Waals surface area contributed by atoms with Gasteiger partial charge in [0, 0.05) is 32.3 Å². The second-order valence-corrected chi connectivity index (χ2v) is 5.18. The Labute approximate surface area is 125 Å². The number of hydrogen-bond donors (Lipinski definition) is 1. The predicted octanol–water partition coefficient (Wildman–Crippen LogP) is 1.84. The smallest absolute Gasteiger partial charge is 0.349 e. The van der Waals surface area contributed by atoms with Gasteiger partial charge in [0.05, 0.1) is 5.56 Å². The van der Waals surface area contributed by atoms with Crippen molar-refractivity contribution in [3.8, 4) is 0 Å². The van der Waals surface area contributed by atoms with Crippen LogP contribution in [0.2, 0.25) is 0 Å². The van der Waals surface area contributed by atoms with Gasteiger partial charge in [0.1, 0.15) is 5.69 Å². The minimum atomic E-state index is -4.52. The molecule has 8 heteroatoms. The maximum Gasteiger partial charge on any atom is 0.433 e. The van der Waals surface area contributed by atoms with Crippen LogP contribution in [0.25, 0.3) is 0 Å². The number of likely N-dealkylation sites (tertiary alicyclic amines) is 1. The van der Waals surface area contributed by atoms with Crippen LogP contribution in [-0.4, -0.2) is 40.8 Å². The van der Waals surface area contributed by atoms with E-state index in [1.54, 1.807) is 4.90 Å². The van der Waals surface area contributed by atoms with Crippen molar-refractivity contribution in [3.63, 3.8) is 0 Å². The maximum atomic E-state index is 12.4. The first-order valence-corrected chi connectivity index (χ1v) is 6.87. The SMILES string of the molecule is CC(=O)N1CCC(NC(=O)c2ccc(C(F)(F)F)nc2)CC1. The van der Waals surface area contributed by atoms with Gasteiger partial charge in [-0.15, -0.1) is 0 Å². The van der Waals surface area contributed by atoms with Crippen LogP contribution in [0.4, 0.5) is 13.2 Å². The van der Waals surface area contributed by atoms with Crippen molar-refractivity contribution in [3.05, 3.63) is 29.6 Å². The molecular weight excluding hydrogens is 299 g/mol. The molecule has 1 saturated heterocycles. The highest BCUT2D eigenvalue weighted by Crippen LogP contribution is 2.27. The van der Waals surface area contributed by atoms with Gasteiger partial charge in [-0.1, -0.05) is 0 Å². The van der Waals surface area contributed by atoms with Gasteiger partial charge in [-0.05, 0) is 25.0 Å². The van der Waals surface area contributed by atoms with Crippen LogP contribution in [0, 0.1) is 0 Å². The molecule has 0 radical (unpaired) electrons. The molecule has 2 rings (SSSR count). The molecule has 0 saturated carbocycles. The summed E-state index contributed by atoms with van der Waals surface area (Å²) in [6, 6.07) is 1.80. The van der Waals surface area contributed by atoms with Crippen molar-refractivity contribution in [2.45, 2.75) is 32.0 Å². The lowest BCUT2D eigenvalue weighted by molar-refractivity contribution is -0.141. The van der Waals surface area contributed by atoms with Gasteiger partial charge in [-0.25, -0.2) is 0 Å². The number of piperidine rings is 1. The summed E-state index contributed by atoms with van der Waals surface area (Å²) in [5.74, 6) is -0.459. The van der Waals surface area contributed by atoms with Crippen molar-refractivity contribution in [1.29, 1.82) is 0 Å².